The molecule has 0 bridgehead atoms. The minimum Gasteiger partial charge on any atom is -0.309 e. The molecular weight excluding hydrogens is 773 g/mol. The number of fused-ring (bicyclic) bond motifs is 5. The van der Waals surface area contributed by atoms with Gasteiger partial charge in [-0.3, -0.25) is 0 Å². The summed E-state index contributed by atoms with van der Waals surface area (Å²) in [7, 11) is 0. The summed E-state index contributed by atoms with van der Waals surface area (Å²) in [5, 5.41) is 7.30. The third kappa shape index (κ3) is 6.27. The van der Waals surface area contributed by atoms with Gasteiger partial charge in [0.15, 0.2) is 0 Å². The lowest BCUT2D eigenvalue weighted by Crippen LogP contribution is -2.12. The fourth-order valence-corrected chi connectivity index (χ4v) is 10.0. The van der Waals surface area contributed by atoms with Crippen LogP contribution in [0.3, 0.4) is 0 Å². The fourth-order valence-electron chi connectivity index (χ4n) is 10.0. The molecule has 300 valence electrons. The van der Waals surface area contributed by atoms with Crippen molar-refractivity contribution in [3.63, 3.8) is 0 Å². The van der Waals surface area contributed by atoms with E-state index in [-0.39, 0.29) is 0 Å². The second kappa shape index (κ2) is 15.8. The van der Waals surface area contributed by atoms with Crippen LogP contribution in [0.5, 0.6) is 0 Å². The van der Waals surface area contributed by atoms with Gasteiger partial charge in [-0.2, -0.15) is 0 Å². The summed E-state index contributed by atoms with van der Waals surface area (Å²) in [6.07, 6.45) is 0. The number of para-hydroxylation sites is 4. The van der Waals surface area contributed by atoms with Gasteiger partial charge in [0.2, 0.25) is 0 Å². The minimum atomic E-state index is 1.08. The highest BCUT2D eigenvalue weighted by atomic mass is 15.1. The van der Waals surface area contributed by atoms with Crippen molar-refractivity contribution in [1.82, 2.24) is 4.57 Å². The predicted molar refractivity (Wildman–Crippen MR) is 272 cm³/mol. The molecular formula is C62H42N2. The molecule has 0 aliphatic carbocycles. The Bertz CT molecular complexity index is 3480. The van der Waals surface area contributed by atoms with Gasteiger partial charge in [0, 0.05) is 33.3 Å². The van der Waals surface area contributed by atoms with Crippen molar-refractivity contribution in [3.05, 3.63) is 255 Å². The maximum Gasteiger partial charge on any atom is 0.0542 e. The van der Waals surface area contributed by atoms with Crippen LogP contribution in [0, 0.1) is 0 Å². The third-order valence-electron chi connectivity index (χ3n) is 12.8. The van der Waals surface area contributed by atoms with Gasteiger partial charge in [0.05, 0.1) is 22.4 Å². The molecule has 2 heteroatoms. The third-order valence-corrected chi connectivity index (χ3v) is 12.8. The van der Waals surface area contributed by atoms with Gasteiger partial charge in [0.25, 0.3) is 0 Å². The van der Waals surface area contributed by atoms with Gasteiger partial charge in [-0.25, -0.2) is 0 Å². The number of benzene rings is 11. The first-order valence-corrected chi connectivity index (χ1v) is 22.0. The lowest BCUT2D eigenvalue weighted by molar-refractivity contribution is 1.18. The Morgan fingerprint density at radius 2 is 0.703 bits per heavy atom. The number of aromatic nitrogens is 1. The summed E-state index contributed by atoms with van der Waals surface area (Å²) >= 11 is 0. The molecule has 12 aromatic rings. The van der Waals surface area contributed by atoms with E-state index in [1.165, 1.54) is 76.7 Å². The lowest BCUT2D eigenvalue weighted by atomic mass is 9.89. The smallest absolute Gasteiger partial charge is 0.0542 e. The van der Waals surface area contributed by atoms with Gasteiger partial charge in [-0.15, -0.1) is 0 Å². The van der Waals surface area contributed by atoms with Crippen molar-refractivity contribution in [2.45, 2.75) is 0 Å². The Balaban J connectivity index is 1.16. The molecule has 0 unspecified atom stereocenters. The maximum absolute atomic E-state index is 2.51. The maximum atomic E-state index is 2.51. The highest BCUT2D eigenvalue weighted by Crippen LogP contribution is 2.49. The summed E-state index contributed by atoms with van der Waals surface area (Å²) in [4.78, 5) is 2.51. The Morgan fingerprint density at radius 3 is 1.25 bits per heavy atom. The van der Waals surface area contributed by atoms with Gasteiger partial charge in [-0.05, 0) is 103 Å². The van der Waals surface area contributed by atoms with Crippen LogP contribution >= 0.6 is 0 Å². The van der Waals surface area contributed by atoms with Crippen LogP contribution < -0.4 is 4.90 Å². The Morgan fingerprint density at radius 1 is 0.281 bits per heavy atom. The molecule has 0 saturated heterocycles. The summed E-state index contributed by atoms with van der Waals surface area (Å²) in [5.74, 6) is 0. The molecule has 1 heterocycles. The molecule has 11 aromatic carbocycles. The van der Waals surface area contributed by atoms with Crippen molar-refractivity contribution >= 4 is 60.4 Å². The molecule has 12 rings (SSSR count). The summed E-state index contributed by atoms with van der Waals surface area (Å²) < 4.78 is 2.39. The van der Waals surface area contributed by atoms with Crippen molar-refractivity contribution in [3.8, 4) is 50.2 Å². The summed E-state index contributed by atoms with van der Waals surface area (Å²) in [5.41, 5.74) is 16.3. The van der Waals surface area contributed by atoms with Gasteiger partial charge < -0.3 is 9.47 Å². The Kier molecular flexibility index (Phi) is 9.20. The highest BCUT2D eigenvalue weighted by molar-refractivity contribution is 6.14. The first-order chi connectivity index (χ1) is 31.8. The van der Waals surface area contributed by atoms with Crippen molar-refractivity contribution in [1.29, 1.82) is 0 Å². The molecule has 0 atom stereocenters. The summed E-state index contributed by atoms with van der Waals surface area (Å²) in [6.45, 7) is 0. The number of hydrogen-bond acceptors (Lipinski definition) is 1. The highest BCUT2D eigenvalue weighted by Gasteiger charge is 2.24. The first kappa shape index (κ1) is 37.3. The van der Waals surface area contributed by atoms with Crippen molar-refractivity contribution in [2.75, 3.05) is 4.90 Å². The molecule has 0 aliphatic heterocycles. The minimum absolute atomic E-state index is 1.08. The zero-order chi connectivity index (χ0) is 42.4. The van der Waals surface area contributed by atoms with E-state index in [9.17, 15) is 0 Å². The van der Waals surface area contributed by atoms with Gasteiger partial charge in [0.1, 0.15) is 0 Å². The zero-order valence-electron chi connectivity index (χ0n) is 35.1. The quantitative estimate of drug-likeness (QED) is 0.148. The van der Waals surface area contributed by atoms with E-state index in [1.54, 1.807) is 0 Å². The molecule has 1 aromatic heterocycles. The molecule has 0 spiro atoms. The number of nitrogens with zero attached hydrogens (tertiary/aromatic N) is 2. The Labute approximate surface area is 373 Å². The standard InChI is InChI=1S/C62H42N2/c1-4-20-43(21-5-1)49-33-16-24-45-26-18-35-54(61(45)49)51-30-10-13-37-57(51)64(48-40-41-60-56(42-48)53-32-12-15-39-59(53)63(60)47-28-8-3-9-29-47)58-38-14-11-31-52(58)55-36-19-27-46-25-17-34-50(62(46)55)44-22-6-2-7-23-44/h1-42H. The normalized spacial score (nSPS) is 11.4. The van der Waals surface area contributed by atoms with Crippen LogP contribution in [0.1, 0.15) is 0 Å². The van der Waals surface area contributed by atoms with E-state index in [1.807, 2.05) is 0 Å². The van der Waals surface area contributed by atoms with E-state index in [0.717, 1.165) is 33.9 Å². The van der Waals surface area contributed by atoms with Crippen LogP contribution in [0.4, 0.5) is 17.1 Å². The number of anilines is 3. The fraction of sp³-hybridized carbons (Fsp3) is 0. The second-order valence-corrected chi connectivity index (χ2v) is 16.4. The van der Waals surface area contributed by atoms with Gasteiger partial charge in [-0.1, -0.05) is 206 Å². The van der Waals surface area contributed by atoms with E-state index in [4.69, 9.17) is 0 Å². The molecule has 0 saturated carbocycles. The molecule has 64 heavy (non-hydrogen) atoms. The molecule has 0 aliphatic rings. The van der Waals surface area contributed by atoms with Crippen molar-refractivity contribution in [2.24, 2.45) is 0 Å². The number of hydrogen-bond donors (Lipinski definition) is 0. The number of rotatable bonds is 8. The topological polar surface area (TPSA) is 8.17 Å². The summed E-state index contributed by atoms with van der Waals surface area (Å²) in [6, 6.07) is 92.8. The van der Waals surface area contributed by atoms with Crippen LogP contribution in [0.2, 0.25) is 0 Å². The molecule has 0 N–H and O–H groups in total. The first-order valence-electron chi connectivity index (χ1n) is 22.0. The average molecular weight is 815 g/mol. The van der Waals surface area contributed by atoms with E-state index >= 15 is 0 Å². The second-order valence-electron chi connectivity index (χ2n) is 16.4. The van der Waals surface area contributed by atoms with E-state index in [0.29, 0.717) is 0 Å². The largest absolute Gasteiger partial charge is 0.309 e. The lowest BCUT2D eigenvalue weighted by Gasteiger charge is -2.30. The average Bonchev–Trinajstić information content (AvgIpc) is 3.70. The SMILES string of the molecule is c1ccc(-c2cccc3cccc(-c4ccccc4N(c4ccc5c(c4)c4ccccc4n5-c4ccccc4)c4ccccc4-c4cccc5cccc(-c6ccccc6)c45)c23)cc1. The molecule has 0 fully saturated rings. The molecule has 0 radical (unpaired) electrons. The van der Waals surface area contributed by atoms with E-state index in [2.05, 4.69) is 264 Å². The molecule has 2 nitrogen and oxygen atoms in total. The zero-order valence-corrected chi connectivity index (χ0v) is 35.1. The van der Waals surface area contributed by atoms with Crippen molar-refractivity contribution < 1.29 is 0 Å². The van der Waals surface area contributed by atoms with Crippen LogP contribution in [-0.2, 0) is 0 Å². The monoisotopic (exact) mass is 814 g/mol. The molecule has 0 amide bonds. The van der Waals surface area contributed by atoms with E-state index < -0.39 is 0 Å². The van der Waals surface area contributed by atoms with Crippen LogP contribution in [0.15, 0.2) is 255 Å². The van der Waals surface area contributed by atoms with Gasteiger partial charge >= 0.3 is 0 Å². The van der Waals surface area contributed by atoms with Crippen LogP contribution in [0.25, 0.3) is 93.5 Å². The predicted octanol–water partition coefficient (Wildman–Crippen LogP) is 17.2. The Hall–Kier alpha value is -8.46. The van der Waals surface area contributed by atoms with Crippen LogP contribution in [-0.4, -0.2) is 4.57 Å².